The number of carbonyl (C=O) groups is 3. The molecule has 0 saturated heterocycles. The second-order valence-corrected chi connectivity index (χ2v) is 8.89. The fraction of sp³-hybridized carbons (Fsp3) is 0.423. The van der Waals surface area contributed by atoms with Gasteiger partial charge in [-0.15, -0.1) is 0 Å². The largest absolute Gasteiger partial charge is 0.445 e. The van der Waals surface area contributed by atoms with Gasteiger partial charge in [-0.1, -0.05) is 60.7 Å². The summed E-state index contributed by atoms with van der Waals surface area (Å²) in [6, 6.07) is 18.2. The standard InChI is InChI=1S/C26H35N3O5/c1-26(2,3)34-25(32)29-22(23(30)28-18-20-12-6-4-7-13-20)16-10-11-17-27-24(31)33-19-21-14-8-5-9-15-21/h4-9,12-15,22H,10-11,16-19H2,1-3H3,(H,27,31)(H,28,30)(H,29,32). The number of unbranched alkanes of at least 4 members (excludes halogenated alkanes) is 1. The van der Waals surface area contributed by atoms with Crippen molar-refractivity contribution in [3.63, 3.8) is 0 Å². The van der Waals surface area contributed by atoms with Crippen molar-refractivity contribution in [2.75, 3.05) is 6.54 Å². The van der Waals surface area contributed by atoms with Crippen molar-refractivity contribution in [3.05, 3.63) is 71.8 Å². The summed E-state index contributed by atoms with van der Waals surface area (Å²) >= 11 is 0. The topological polar surface area (TPSA) is 106 Å². The Bertz CT molecular complexity index is 898. The molecule has 0 aliphatic heterocycles. The van der Waals surface area contributed by atoms with Crippen LogP contribution in [-0.2, 0) is 27.4 Å². The molecule has 0 spiro atoms. The maximum absolute atomic E-state index is 12.7. The first-order valence-corrected chi connectivity index (χ1v) is 11.5. The van der Waals surface area contributed by atoms with Crippen molar-refractivity contribution in [3.8, 4) is 0 Å². The van der Waals surface area contributed by atoms with E-state index < -0.39 is 23.8 Å². The molecule has 3 amide bonds. The molecule has 184 valence electrons. The zero-order chi connectivity index (χ0) is 24.8. The average molecular weight is 470 g/mol. The number of amides is 3. The third-order valence-electron chi connectivity index (χ3n) is 4.72. The van der Waals surface area contributed by atoms with Gasteiger partial charge in [-0.3, -0.25) is 4.79 Å². The number of rotatable bonds is 11. The molecule has 0 aliphatic carbocycles. The van der Waals surface area contributed by atoms with Gasteiger partial charge in [0.05, 0.1) is 0 Å². The van der Waals surface area contributed by atoms with Gasteiger partial charge in [0.1, 0.15) is 18.2 Å². The summed E-state index contributed by atoms with van der Waals surface area (Å²) in [4.78, 5) is 36.8. The van der Waals surface area contributed by atoms with E-state index in [2.05, 4.69) is 16.0 Å². The first kappa shape index (κ1) is 26.7. The van der Waals surface area contributed by atoms with E-state index in [0.717, 1.165) is 11.1 Å². The number of benzene rings is 2. The third kappa shape index (κ3) is 11.4. The predicted octanol–water partition coefficient (Wildman–Crippen LogP) is 4.29. The lowest BCUT2D eigenvalue weighted by molar-refractivity contribution is -0.123. The molecule has 0 radical (unpaired) electrons. The van der Waals surface area contributed by atoms with Crippen LogP contribution >= 0.6 is 0 Å². The van der Waals surface area contributed by atoms with Gasteiger partial charge in [0.2, 0.25) is 5.91 Å². The Hall–Kier alpha value is -3.55. The minimum Gasteiger partial charge on any atom is -0.445 e. The summed E-state index contributed by atoms with van der Waals surface area (Å²) < 4.78 is 10.5. The van der Waals surface area contributed by atoms with E-state index >= 15 is 0 Å². The van der Waals surface area contributed by atoms with E-state index in [0.29, 0.717) is 32.4 Å². The Morgan fingerprint density at radius 1 is 0.824 bits per heavy atom. The lowest BCUT2D eigenvalue weighted by Gasteiger charge is -2.23. The van der Waals surface area contributed by atoms with Gasteiger partial charge in [-0.25, -0.2) is 9.59 Å². The Balaban J connectivity index is 1.76. The zero-order valence-corrected chi connectivity index (χ0v) is 20.1. The smallest absolute Gasteiger partial charge is 0.408 e. The van der Waals surface area contributed by atoms with Gasteiger partial charge in [0.15, 0.2) is 0 Å². The molecule has 0 bridgehead atoms. The monoisotopic (exact) mass is 469 g/mol. The van der Waals surface area contributed by atoms with E-state index in [9.17, 15) is 14.4 Å². The number of alkyl carbamates (subject to hydrolysis) is 2. The van der Waals surface area contributed by atoms with Gasteiger partial charge in [-0.05, 0) is 51.2 Å². The Kier molecular flexibility index (Phi) is 10.9. The van der Waals surface area contributed by atoms with E-state index in [1.807, 2.05) is 60.7 Å². The summed E-state index contributed by atoms with van der Waals surface area (Å²) in [7, 11) is 0. The lowest BCUT2D eigenvalue weighted by Crippen LogP contribution is -2.48. The molecule has 2 rings (SSSR count). The zero-order valence-electron chi connectivity index (χ0n) is 20.1. The Morgan fingerprint density at radius 2 is 1.44 bits per heavy atom. The van der Waals surface area contributed by atoms with Crippen molar-refractivity contribution in [2.45, 2.75) is 64.8 Å². The fourth-order valence-electron chi connectivity index (χ4n) is 3.06. The molecule has 8 heteroatoms. The van der Waals surface area contributed by atoms with E-state index in [-0.39, 0.29) is 12.5 Å². The summed E-state index contributed by atoms with van der Waals surface area (Å²) in [5.41, 5.74) is 1.21. The highest BCUT2D eigenvalue weighted by Crippen LogP contribution is 2.09. The number of hydrogen-bond donors (Lipinski definition) is 3. The van der Waals surface area contributed by atoms with Crippen LogP contribution in [-0.4, -0.2) is 36.3 Å². The van der Waals surface area contributed by atoms with Crippen LogP contribution in [0.25, 0.3) is 0 Å². The van der Waals surface area contributed by atoms with Crippen LogP contribution < -0.4 is 16.0 Å². The van der Waals surface area contributed by atoms with Gasteiger partial charge in [-0.2, -0.15) is 0 Å². The molecule has 1 atom stereocenters. The van der Waals surface area contributed by atoms with E-state index in [1.54, 1.807) is 20.8 Å². The van der Waals surface area contributed by atoms with Gasteiger partial charge < -0.3 is 25.4 Å². The highest BCUT2D eigenvalue weighted by Gasteiger charge is 2.24. The molecule has 0 heterocycles. The molecule has 8 nitrogen and oxygen atoms in total. The molecule has 2 aromatic rings. The van der Waals surface area contributed by atoms with E-state index in [4.69, 9.17) is 9.47 Å². The molecule has 0 aromatic heterocycles. The van der Waals surface area contributed by atoms with Crippen LogP contribution in [0.3, 0.4) is 0 Å². The number of nitrogens with one attached hydrogen (secondary N) is 3. The molecule has 0 fully saturated rings. The summed E-state index contributed by atoms with van der Waals surface area (Å²) in [5, 5.41) is 8.22. The molecular weight excluding hydrogens is 434 g/mol. The number of carbonyl (C=O) groups excluding carboxylic acids is 3. The molecule has 0 aliphatic rings. The molecule has 1 unspecified atom stereocenters. The Morgan fingerprint density at radius 3 is 2.06 bits per heavy atom. The van der Waals surface area contributed by atoms with Crippen molar-refractivity contribution >= 4 is 18.1 Å². The second kappa shape index (κ2) is 13.9. The molecule has 3 N–H and O–H groups in total. The van der Waals surface area contributed by atoms with Crippen LogP contribution in [0.4, 0.5) is 9.59 Å². The predicted molar refractivity (Wildman–Crippen MR) is 130 cm³/mol. The second-order valence-electron chi connectivity index (χ2n) is 8.89. The van der Waals surface area contributed by atoms with Crippen molar-refractivity contribution < 1.29 is 23.9 Å². The van der Waals surface area contributed by atoms with E-state index in [1.165, 1.54) is 0 Å². The highest BCUT2D eigenvalue weighted by molar-refractivity contribution is 5.85. The maximum atomic E-state index is 12.7. The maximum Gasteiger partial charge on any atom is 0.408 e. The van der Waals surface area contributed by atoms with Crippen LogP contribution in [0.5, 0.6) is 0 Å². The molecular formula is C26H35N3O5. The first-order chi connectivity index (χ1) is 16.2. The first-order valence-electron chi connectivity index (χ1n) is 11.5. The van der Waals surface area contributed by atoms with Crippen LogP contribution in [0.15, 0.2) is 60.7 Å². The number of hydrogen-bond acceptors (Lipinski definition) is 5. The van der Waals surface area contributed by atoms with Crippen molar-refractivity contribution in [1.29, 1.82) is 0 Å². The van der Waals surface area contributed by atoms with Crippen molar-refractivity contribution in [2.24, 2.45) is 0 Å². The van der Waals surface area contributed by atoms with Crippen LogP contribution in [0.1, 0.15) is 51.2 Å². The Labute approximate surface area is 201 Å². The SMILES string of the molecule is CC(C)(C)OC(=O)NC(CCCCNC(=O)OCc1ccccc1)C(=O)NCc1ccccc1. The highest BCUT2D eigenvalue weighted by atomic mass is 16.6. The summed E-state index contributed by atoms with van der Waals surface area (Å²) in [5.74, 6) is -0.287. The fourth-order valence-corrected chi connectivity index (χ4v) is 3.06. The minimum atomic E-state index is -0.747. The summed E-state index contributed by atoms with van der Waals surface area (Å²) in [6.07, 6.45) is 0.500. The molecule has 2 aromatic carbocycles. The molecule has 34 heavy (non-hydrogen) atoms. The van der Waals surface area contributed by atoms with Crippen LogP contribution in [0, 0.1) is 0 Å². The third-order valence-corrected chi connectivity index (χ3v) is 4.72. The van der Waals surface area contributed by atoms with Gasteiger partial charge in [0.25, 0.3) is 0 Å². The quantitative estimate of drug-likeness (QED) is 0.426. The normalized spacial score (nSPS) is 11.7. The minimum absolute atomic E-state index is 0.205. The van der Waals surface area contributed by atoms with Gasteiger partial charge >= 0.3 is 12.2 Å². The van der Waals surface area contributed by atoms with Gasteiger partial charge in [0, 0.05) is 13.1 Å². The summed E-state index contributed by atoms with van der Waals surface area (Å²) in [6.45, 7) is 6.26. The lowest BCUT2D eigenvalue weighted by atomic mass is 10.1. The van der Waals surface area contributed by atoms with Crippen LogP contribution in [0.2, 0.25) is 0 Å². The molecule has 0 saturated carbocycles. The average Bonchev–Trinajstić information content (AvgIpc) is 2.80. The number of ether oxygens (including phenoxy) is 2. The van der Waals surface area contributed by atoms with Crippen molar-refractivity contribution in [1.82, 2.24) is 16.0 Å².